The molecule has 0 radical (unpaired) electrons. The van der Waals surface area contributed by atoms with Gasteiger partial charge in [0.25, 0.3) is 5.91 Å². The highest BCUT2D eigenvalue weighted by Crippen LogP contribution is 2.11. The van der Waals surface area contributed by atoms with Crippen LogP contribution in [0.15, 0.2) is 6.08 Å². The topological polar surface area (TPSA) is 83.8 Å². The van der Waals surface area contributed by atoms with Crippen molar-refractivity contribution in [2.75, 3.05) is 12.3 Å². The number of carbonyl (C=O) groups excluding carboxylic acids is 1. The van der Waals surface area contributed by atoms with Gasteiger partial charge in [-0.05, 0) is 6.08 Å². The van der Waals surface area contributed by atoms with Crippen LogP contribution >= 0.6 is 0 Å². The molecule has 2 heterocycles. The quantitative estimate of drug-likeness (QED) is 0.494. The van der Waals surface area contributed by atoms with Crippen molar-refractivity contribution < 1.29 is 4.79 Å². The number of imidazole rings is 1. The van der Waals surface area contributed by atoms with Crippen molar-refractivity contribution in [1.82, 2.24) is 15.3 Å². The van der Waals surface area contributed by atoms with E-state index in [1.165, 1.54) is 0 Å². The molecule has 0 bridgehead atoms. The summed E-state index contributed by atoms with van der Waals surface area (Å²) < 4.78 is 0. The molecule has 0 unspecified atom stereocenters. The number of anilines is 1. The molecule has 0 saturated heterocycles. The summed E-state index contributed by atoms with van der Waals surface area (Å²) in [7, 11) is 0. The molecule has 0 spiro atoms. The molecule has 0 aliphatic carbocycles. The molecule has 12 heavy (non-hydrogen) atoms. The zero-order valence-electron chi connectivity index (χ0n) is 6.29. The Morgan fingerprint density at radius 2 is 2.42 bits per heavy atom. The van der Waals surface area contributed by atoms with Crippen molar-refractivity contribution in [2.24, 2.45) is 0 Å². The minimum atomic E-state index is -0.192. The second-order valence-electron chi connectivity index (χ2n) is 2.50. The Bertz CT molecular complexity index is 352. The zero-order chi connectivity index (χ0) is 8.55. The Balaban J connectivity index is 2.55. The third-order valence-electron chi connectivity index (χ3n) is 1.63. The van der Waals surface area contributed by atoms with Crippen LogP contribution in [0.25, 0.3) is 6.08 Å². The maximum absolute atomic E-state index is 11.2. The normalized spacial score (nSPS) is 15.2. The predicted molar refractivity (Wildman–Crippen MR) is 44.4 cm³/mol. The first-order chi connectivity index (χ1) is 5.77. The van der Waals surface area contributed by atoms with Crippen LogP contribution in [0.4, 0.5) is 5.95 Å². The van der Waals surface area contributed by atoms with E-state index in [2.05, 4.69) is 15.3 Å². The highest BCUT2D eigenvalue weighted by Gasteiger charge is 2.15. The molecule has 5 nitrogen and oxygen atoms in total. The van der Waals surface area contributed by atoms with Gasteiger partial charge in [0.15, 0.2) is 11.6 Å². The van der Waals surface area contributed by atoms with Gasteiger partial charge in [-0.3, -0.25) is 4.79 Å². The number of nitrogens with one attached hydrogen (secondary N) is 2. The number of amides is 1. The average Bonchev–Trinajstić information content (AvgIpc) is 2.33. The summed E-state index contributed by atoms with van der Waals surface area (Å²) >= 11 is 0. The molecule has 62 valence electrons. The Morgan fingerprint density at radius 3 is 3.25 bits per heavy atom. The molecule has 0 fully saturated rings. The summed E-state index contributed by atoms with van der Waals surface area (Å²) in [6.45, 7) is 0.531. The van der Waals surface area contributed by atoms with E-state index in [-0.39, 0.29) is 11.9 Å². The van der Waals surface area contributed by atoms with Crippen molar-refractivity contribution in [3.63, 3.8) is 0 Å². The molecule has 1 amide bonds. The number of nitrogens with two attached hydrogens (primary N) is 1. The second kappa shape index (κ2) is 2.37. The Labute approximate surface area is 68.7 Å². The van der Waals surface area contributed by atoms with E-state index in [4.69, 9.17) is 5.73 Å². The third-order valence-corrected chi connectivity index (χ3v) is 1.63. The summed E-state index contributed by atoms with van der Waals surface area (Å²) in [4.78, 5) is 17.9. The zero-order valence-corrected chi connectivity index (χ0v) is 6.29. The van der Waals surface area contributed by atoms with E-state index in [0.29, 0.717) is 17.9 Å². The molecule has 0 aromatic carbocycles. The monoisotopic (exact) mass is 164 g/mol. The smallest absolute Gasteiger partial charge is 0.272 e. The van der Waals surface area contributed by atoms with E-state index in [0.717, 1.165) is 0 Å². The lowest BCUT2D eigenvalue weighted by Crippen LogP contribution is -2.22. The molecule has 1 aliphatic rings. The number of aromatic amines is 1. The molecule has 2 rings (SSSR count). The van der Waals surface area contributed by atoms with Gasteiger partial charge < -0.3 is 16.0 Å². The van der Waals surface area contributed by atoms with E-state index >= 15 is 0 Å². The van der Waals surface area contributed by atoms with Crippen LogP contribution in [0.5, 0.6) is 0 Å². The first-order valence-electron chi connectivity index (χ1n) is 3.57. The molecule has 0 atom stereocenters. The Kier molecular flexibility index (Phi) is 1.36. The number of hydrogen-bond donors (Lipinski definition) is 3. The molecule has 0 saturated carbocycles. The molecule has 1 aliphatic heterocycles. The number of carbonyl (C=O) groups is 1. The highest BCUT2D eigenvalue weighted by molar-refractivity contribution is 5.96. The Morgan fingerprint density at radius 1 is 1.58 bits per heavy atom. The van der Waals surface area contributed by atoms with Crippen LogP contribution in [0.3, 0.4) is 0 Å². The summed E-state index contributed by atoms with van der Waals surface area (Å²) in [6, 6.07) is 0. The van der Waals surface area contributed by atoms with Gasteiger partial charge in [0.1, 0.15) is 0 Å². The van der Waals surface area contributed by atoms with Gasteiger partial charge in [0, 0.05) is 6.54 Å². The van der Waals surface area contributed by atoms with Crippen LogP contribution in [0.1, 0.15) is 16.2 Å². The van der Waals surface area contributed by atoms with Crippen molar-refractivity contribution >= 4 is 17.9 Å². The number of fused-ring (bicyclic) bond motifs is 1. The van der Waals surface area contributed by atoms with Crippen molar-refractivity contribution in [3.8, 4) is 0 Å². The van der Waals surface area contributed by atoms with E-state index in [1.807, 2.05) is 6.08 Å². The molecular weight excluding hydrogens is 156 g/mol. The summed E-state index contributed by atoms with van der Waals surface area (Å²) in [5.74, 6) is 0.0738. The van der Waals surface area contributed by atoms with Gasteiger partial charge in [0.05, 0.1) is 5.69 Å². The van der Waals surface area contributed by atoms with Crippen molar-refractivity contribution in [1.29, 1.82) is 0 Å². The summed E-state index contributed by atoms with van der Waals surface area (Å²) in [6.07, 6.45) is 3.62. The van der Waals surface area contributed by atoms with Crippen molar-refractivity contribution in [2.45, 2.75) is 0 Å². The largest absolute Gasteiger partial charge is 0.369 e. The fourth-order valence-electron chi connectivity index (χ4n) is 1.11. The van der Waals surface area contributed by atoms with Gasteiger partial charge in [-0.15, -0.1) is 0 Å². The van der Waals surface area contributed by atoms with E-state index in [9.17, 15) is 4.79 Å². The standard InChI is InChI=1S/C7H8N4O/c8-7-10-4-2-1-3-9-6(12)5(4)11-7/h1-2H,3H2,(H,9,12)(H3,8,10,11). The molecule has 5 heteroatoms. The first kappa shape index (κ1) is 6.90. The van der Waals surface area contributed by atoms with Gasteiger partial charge in [-0.1, -0.05) is 6.08 Å². The summed E-state index contributed by atoms with van der Waals surface area (Å²) in [5, 5.41) is 2.65. The van der Waals surface area contributed by atoms with Crippen molar-refractivity contribution in [3.05, 3.63) is 17.5 Å². The van der Waals surface area contributed by atoms with Crippen LogP contribution in [0, 0.1) is 0 Å². The van der Waals surface area contributed by atoms with Gasteiger partial charge in [-0.2, -0.15) is 0 Å². The lowest BCUT2D eigenvalue weighted by molar-refractivity contribution is 0.0954. The number of nitrogens with zero attached hydrogens (tertiary/aromatic N) is 1. The predicted octanol–water partition coefficient (Wildman–Crippen LogP) is -0.252. The van der Waals surface area contributed by atoms with E-state index < -0.39 is 0 Å². The van der Waals surface area contributed by atoms with Crippen LogP contribution in [-0.4, -0.2) is 22.4 Å². The molecule has 1 aromatic heterocycles. The van der Waals surface area contributed by atoms with Crippen LogP contribution < -0.4 is 11.1 Å². The molecule has 1 aromatic rings. The van der Waals surface area contributed by atoms with Crippen LogP contribution in [0.2, 0.25) is 0 Å². The summed E-state index contributed by atoms with van der Waals surface area (Å²) in [5.41, 5.74) is 6.42. The molecular formula is C7H8N4O. The number of H-pyrrole nitrogens is 1. The second-order valence-corrected chi connectivity index (χ2v) is 2.50. The fraction of sp³-hybridized carbons (Fsp3) is 0.143. The SMILES string of the molecule is Nc1nc2c([nH]1)C=CCNC2=O. The third kappa shape index (κ3) is 0.952. The van der Waals surface area contributed by atoms with Gasteiger partial charge >= 0.3 is 0 Å². The lowest BCUT2D eigenvalue weighted by Gasteiger charge is -1.94. The highest BCUT2D eigenvalue weighted by atomic mass is 16.1. The minimum Gasteiger partial charge on any atom is -0.369 e. The van der Waals surface area contributed by atoms with Crippen LogP contribution in [-0.2, 0) is 0 Å². The minimum absolute atomic E-state index is 0.192. The fourth-order valence-corrected chi connectivity index (χ4v) is 1.11. The lowest BCUT2D eigenvalue weighted by atomic mass is 10.3. The molecule has 4 N–H and O–H groups in total. The number of rotatable bonds is 0. The number of nitrogen functional groups attached to an aromatic ring is 1. The first-order valence-corrected chi connectivity index (χ1v) is 3.57. The van der Waals surface area contributed by atoms with Gasteiger partial charge in [0.2, 0.25) is 0 Å². The Hall–Kier alpha value is -1.78. The number of hydrogen-bond acceptors (Lipinski definition) is 3. The number of aromatic nitrogens is 2. The maximum Gasteiger partial charge on any atom is 0.272 e. The van der Waals surface area contributed by atoms with Gasteiger partial charge in [-0.25, -0.2) is 4.98 Å². The maximum atomic E-state index is 11.2. The van der Waals surface area contributed by atoms with E-state index in [1.54, 1.807) is 6.08 Å². The average molecular weight is 164 g/mol.